The summed E-state index contributed by atoms with van der Waals surface area (Å²) in [6.45, 7) is 3.98. The first kappa shape index (κ1) is 12.4. The molecule has 0 aliphatic carbocycles. The molecule has 1 N–H and O–H groups in total. The van der Waals surface area contributed by atoms with Crippen LogP contribution in [0.25, 0.3) is 0 Å². The second-order valence-electron chi connectivity index (χ2n) is 3.36. The highest BCUT2D eigenvalue weighted by atomic mass is 32.2. The predicted molar refractivity (Wildman–Crippen MR) is 68.1 cm³/mol. The zero-order chi connectivity index (χ0) is 11.9. The maximum absolute atomic E-state index is 4.28. The van der Waals surface area contributed by atoms with E-state index in [4.69, 9.17) is 0 Å². The maximum atomic E-state index is 4.28. The van der Waals surface area contributed by atoms with Crippen LogP contribution in [0, 0.1) is 0 Å². The summed E-state index contributed by atoms with van der Waals surface area (Å²) < 4.78 is 0.863. The van der Waals surface area contributed by atoms with Crippen molar-refractivity contribution >= 4 is 23.1 Å². The van der Waals surface area contributed by atoms with Gasteiger partial charge in [0.1, 0.15) is 5.51 Å². The van der Waals surface area contributed by atoms with Crippen molar-refractivity contribution in [1.82, 2.24) is 25.5 Å². The molecule has 2 heterocycles. The first-order valence-corrected chi connectivity index (χ1v) is 7.03. The van der Waals surface area contributed by atoms with Gasteiger partial charge in [-0.15, -0.1) is 10.2 Å². The van der Waals surface area contributed by atoms with Gasteiger partial charge in [0.25, 0.3) is 0 Å². The van der Waals surface area contributed by atoms with Gasteiger partial charge in [0, 0.05) is 24.5 Å². The SMILES string of the molecule is CCCNCc1cnc(Sc2nncs2)nc1. The molecule has 0 unspecified atom stereocenters. The van der Waals surface area contributed by atoms with E-state index in [1.807, 2.05) is 12.4 Å². The van der Waals surface area contributed by atoms with E-state index in [9.17, 15) is 0 Å². The Balaban J connectivity index is 1.89. The van der Waals surface area contributed by atoms with Crippen LogP contribution in [0.5, 0.6) is 0 Å². The monoisotopic (exact) mass is 267 g/mol. The quantitative estimate of drug-likeness (QED) is 0.638. The van der Waals surface area contributed by atoms with Gasteiger partial charge in [0.2, 0.25) is 0 Å². The third-order valence-corrected chi connectivity index (χ3v) is 3.63. The van der Waals surface area contributed by atoms with Gasteiger partial charge >= 0.3 is 0 Å². The van der Waals surface area contributed by atoms with Gasteiger partial charge in [0.15, 0.2) is 9.50 Å². The number of rotatable bonds is 6. The Morgan fingerprint density at radius 3 is 2.82 bits per heavy atom. The van der Waals surface area contributed by atoms with Crippen LogP contribution < -0.4 is 5.32 Å². The Bertz CT molecular complexity index is 428. The molecule has 0 aromatic carbocycles. The minimum absolute atomic E-state index is 0.709. The minimum Gasteiger partial charge on any atom is -0.313 e. The van der Waals surface area contributed by atoms with Crippen LogP contribution >= 0.6 is 23.1 Å². The summed E-state index contributed by atoms with van der Waals surface area (Å²) >= 11 is 2.92. The van der Waals surface area contributed by atoms with Crippen LogP contribution in [0.15, 0.2) is 27.4 Å². The van der Waals surface area contributed by atoms with E-state index in [-0.39, 0.29) is 0 Å². The van der Waals surface area contributed by atoms with E-state index in [1.54, 1.807) is 5.51 Å². The molecular formula is C10H13N5S2. The number of hydrogen-bond donors (Lipinski definition) is 1. The number of hydrogen-bond acceptors (Lipinski definition) is 7. The first-order chi connectivity index (χ1) is 8.38. The van der Waals surface area contributed by atoms with Gasteiger partial charge in [-0.25, -0.2) is 9.97 Å². The predicted octanol–water partition coefficient (Wildman–Crippen LogP) is 1.98. The second kappa shape index (κ2) is 6.63. The molecule has 0 saturated heterocycles. The molecule has 17 heavy (non-hydrogen) atoms. The summed E-state index contributed by atoms with van der Waals surface area (Å²) in [5.41, 5.74) is 2.80. The van der Waals surface area contributed by atoms with Crippen molar-refractivity contribution in [3.8, 4) is 0 Å². The van der Waals surface area contributed by atoms with Gasteiger partial charge in [-0.3, -0.25) is 0 Å². The summed E-state index contributed by atoms with van der Waals surface area (Å²) in [4.78, 5) is 8.57. The molecule has 0 atom stereocenters. The smallest absolute Gasteiger partial charge is 0.194 e. The lowest BCUT2D eigenvalue weighted by Gasteiger charge is -2.02. The fraction of sp³-hybridized carbons (Fsp3) is 0.400. The van der Waals surface area contributed by atoms with E-state index in [2.05, 4.69) is 32.4 Å². The molecule has 0 amide bonds. The average Bonchev–Trinajstić information content (AvgIpc) is 2.85. The molecule has 90 valence electrons. The summed E-state index contributed by atoms with van der Waals surface area (Å²) in [6.07, 6.45) is 4.82. The number of aromatic nitrogens is 4. The molecule has 5 nitrogen and oxygen atoms in total. The first-order valence-electron chi connectivity index (χ1n) is 5.34. The summed E-state index contributed by atoms with van der Waals surface area (Å²) in [7, 11) is 0. The van der Waals surface area contributed by atoms with E-state index >= 15 is 0 Å². The Morgan fingerprint density at radius 2 is 2.18 bits per heavy atom. The summed E-state index contributed by atoms with van der Waals surface area (Å²) in [5, 5.41) is 11.7. The fourth-order valence-corrected chi connectivity index (χ4v) is 2.46. The largest absolute Gasteiger partial charge is 0.313 e. The molecule has 0 radical (unpaired) electrons. The molecule has 0 aliphatic heterocycles. The van der Waals surface area contributed by atoms with Crippen LogP contribution in [-0.2, 0) is 6.54 Å². The topological polar surface area (TPSA) is 63.6 Å². The Kier molecular flexibility index (Phi) is 4.84. The normalized spacial score (nSPS) is 10.6. The van der Waals surface area contributed by atoms with Crippen molar-refractivity contribution in [3.05, 3.63) is 23.5 Å². The fourth-order valence-electron chi connectivity index (χ4n) is 1.18. The third kappa shape index (κ3) is 4.03. The highest BCUT2D eigenvalue weighted by molar-refractivity contribution is 8.00. The van der Waals surface area contributed by atoms with Crippen LogP contribution in [0.3, 0.4) is 0 Å². The van der Waals surface area contributed by atoms with Gasteiger partial charge in [-0.05, 0) is 24.7 Å². The molecule has 0 spiro atoms. The molecule has 0 saturated carbocycles. The minimum atomic E-state index is 0.709. The lowest BCUT2D eigenvalue weighted by atomic mass is 10.3. The lowest BCUT2D eigenvalue weighted by molar-refractivity contribution is 0.669. The van der Waals surface area contributed by atoms with Gasteiger partial charge in [0.05, 0.1) is 0 Å². The van der Waals surface area contributed by atoms with Gasteiger partial charge < -0.3 is 5.32 Å². The number of nitrogens with zero attached hydrogens (tertiary/aromatic N) is 4. The zero-order valence-corrected chi connectivity index (χ0v) is 11.1. The van der Waals surface area contributed by atoms with Gasteiger partial charge in [-0.1, -0.05) is 18.3 Å². The van der Waals surface area contributed by atoms with Crippen molar-refractivity contribution < 1.29 is 0 Å². The van der Waals surface area contributed by atoms with Crippen LogP contribution in [0.2, 0.25) is 0 Å². The van der Waals surface area contributed by atoms with E-state index in [1.165, 1.54) is 23.1 Å². The summed E-state index contributed by atoms with van der Waals surface area (Å²) in [5.74, 6) is 0. The van der Waals surface area contributed by atoms with E-state index in [0.717, 1.165) is 29.4 Å². The Morgan fingerprint density at radius 1 is 1.35 bits per heavy atom. The van der Waals surface area contributed by atoms with Crippen molar-refractivity contribution in [2.45, 2.75) is 29.4 Å². The Hall–Kier alpha value is -1.05. The molecule has 0 aliphatic rings. The number of nitrogens with one attached hydrogen (secondary N) is 1. The molecule has 0 fully saturated rings. The zero-order valence-electron chi connectivity index (χ0n) is 9.46. The lowest BCUT2D eigenvalue weighted by Crippen LogP contribution is -2.14. The van der Waals surface area contributed by atoms with Crippen molar-refractivity contribution in [2.24, 2.45) is 0 Å². The highest BCUT2D eigenvalue weighted by Gasteiger charge is 2.03. The Labute approximate surface area is 108 Å². The van der Waals surface area contributed by atoms with Gasteiger partial charge in [-0.2, -0.15) is 0 Å². The van der Waals surface area contributed by atoms with Crippen LogP contribution in [0.1, 0.15) is 18.9 Å². The standard InChI is InChI=1S/C10H13N5S2/c1-2-3-11-4-8-5-12-9(13-6-8)17-10-15-14-7-16-10/h5-7,11H,2-4H2,1H3. The maximum Gasteiger partial charge on any atom is 0.194 e. The van der Waals surface area contributed by atoms with Crippen molar-refractivity contribution in [3.63, 3.8) is 0 Å². The molecule has 7 heteroatoms. The molecule has 0 bridgehead atoms. The van der Waals surface area contributed by atoms with Crippen molar-refractivity contribution in [2.75, 3.05) is 6.54 Å². The van der Waals surface area contributed by atoms with Crippen LogP contribution in [0.4, 0.5) is 0 Å². The second-order valence-corrected chi connectivity index (χ2v) is 5.40. The summed E-state index contributed by atoms with van der Waals surface area (Å²) in [6, 6.07) is 0. The molecule has 2 aromatic heterocycles. The third-order valence-electron chi connectivity index (χ3n) is 1.96. The van der Waals surface area contributed by atoms with E-state index < -0.39 is 0 Å². The highest BCUT2D eigenvalue weighted by Crippen LogP contribution is 2.24. The van der Waals surface area contributed by atoms with Crippen molar-refractivity contribution in [1.29, 1.82) is 0 Å². The average molecular weight is 267 g/mol. The van der Waals surface area contributed by atoms with E-state index in [0.29, 0.717) is 5.16 Å². The molecular weight excluding hydrogens is 254 g/mol. The molecule has 2 rings (SSSR count). The molecule has 2 aromatic rings. The van der Waals surface area contributed by atoms with Crippen LogP contribution in [-0.4, -0.2) is 26.7 Å².